The van der Waals surface area contributed by atoms with Crippen molar-refractivity contribution in [3.63, 3.8) is 0 Å². The Morgan fingerprint density at radius 2 is 1.88 bits per heavy atom. The normalized spacial score (nSPS) is 12.2. The number of carbonyl (C=O) groups excluding carboxylic acids is 1. The van der Waals surface area contributed by atoms with Crippen LogP contribution in [0.4, 0.5) is 4.79 Å². The molecule has 24 heavy (non-hydrogen) atoms. The van der Waals surface area contributed by atoms with Crippen LogP contribution in [0.25, 0.3) is 0 Å². The number of rotatable bonds is 7. The van der Waals surface area contributed by atoms with Gasteiger partial charge in [0.1, 0.15) is 17.1 Å². The van der Waals surface area contributed by atoms with E-state index in [4.69, 9.17) is 14.2 Å². The van der Waals surface area contributed by atoms with E-state index in [1.807, 2.05) is 0 Å². The van der Waals surface area contributed by atoms with Crippen LogP contribution in [0.3, 0.4) is 0 Å². The summed E-state index contributed by atoms with van der Waals surface area (Å²) in [5, 5.41) is 11.9. The van der Waals surface area contributed by atoms with Gasteiger partial charge in [-0.15, -0.1) is 0 Å². The van der Waals surface area contributed by atoms with Crippen LogP contribution in [0.5, 0.6) is 11.5 Å². The Kier molecular flexibility index (Phi) is 6.88. The molecule has 0 aliphatic heterocycles. The third-order valence-corrected chi connectivity index (χ3v) is 3.19. The van der Waals surface area contributed by atoms with Crippen LogP contribution in [0.15, 0.2) is 18.2 Å². The van der Waals surface area contributed by atoms with E-state index in [0.717, 1.165) is 0 Å². The van der Waals surface area contributed by atoms with Crippen molar-refractivity contribution in [1.82, 2.24) is 5.32 Å². The summed E-state index contributed by atoms with van der Waals surface area (Å²) in [5.74, 6) is -0.663. The fraction of sp³-hybridized carbons (Fsp3) is 0.529. The lowest BCUT2D eigenvalue weighted by molar-refractivity contribution is -0.141. The molecule has 0 fully saturated rings. The SMILES string of the molecule is COc1ccc(OC)c(C[C@H](CNC(=O)OC(C)(C)C)C(=O)O)c1. The average Bonchev–Trinajstić information content (AvgIpc) is 2.49. The van der Waals surface area contributed by atoms with Gasteiger partial charge in [0.25, 0.3) is 0 Å². The zero-order valence-electron chi connectivity index (χ0n) is 14.7. The molecule has 1 amide bonds. The molecule has 7 nitrogen and oxygen atoms in total. The summed E-state index contributed by atoms with van der Waals surface area (Å²) < 4.78 is 15.5. The van der Waals surface area contributed by atoms with Crippen molar-refractivity contribution in [2.75, 3.05) is 20.8 Å². The number of benzene rings is 1. The number of carbonyl (C=O) groups is 2. The highest BCUT2D eigenvalue weighted by Gasteiger charge is 2.23. The number of aliphatic carboxylic acids is 1. The van der Waals surface area contributed by atoms with Crippen molar-refractivity contribution >= 4 is 12.1 Å². The van der Waals surface area contributed by atoms with Gasteiger partial charge >= 0.3 is 12.1 Å². The number of carboxylic acid groups (broad SMARTS) is 1. The van der Waals surface area contributed by atoms with Crippen LogP contribution in [-0.4, -0.2) is 43.5 Å². The smallest absolute Gasteiger partial charge is 0.407 e. The number of hydrogen-bond donors (Lipinski definition) is 2. The lowest BCUT2D eigenvalue weighted by Gasteiger charge is -2.21. The summed E-state index contributed by atoms with van der Waals surface area (Å²) in [6, 6.07) is 5.17. The first-order chi connectivity index (χ1) is 11.2. The standard InChI is InChI=1S/C17H25NO6/c1-17(2,3)24-16(21)18-10-12(15(19)20)8-11-9-13(22-4)6-7-14(11)23-5/h6-7,9,12H,8,10H2,1-5H3,(H,18,21)(H,19,20)/t12-/m1/s1. The summed E-state index contributed by atoms with van der Waals surface area (Å²) in [7, 11) is 3.05. The molecule has 1 atom stereocenters. The highest BCUT2D eigenvalue weighted by molar-refractivity contribution is 5.73. The van der Waals surface area contributed by atoms with Gasteiger partial charge in [-0.25, -0.2) is 4.79 Å². The minimum Gasteiger partial charge on any atom is -0.497 e. The Balaban J connectivity index is 2.80. The van der Waals surface area contributed by atoms with E-state index in [2.05, 4.69) is 5.32 Å². The van der Waals surface area contributed by atoms with Gasteiger partial charge in [0.05, 0.1) is 20.1 Å². The summed E-state index contributed by atoms with van der Waals surface area (Å²) in [6.07, 6.45) is -0.461. The first kappa shape index (κ1) is 19.6. The van der Waals surface area contributed by atoms with E-state index in [0.29, 0.717) is 17.1 Å². The number of hydrogen-bond acceptors (Lipinski definition) is 5. The second-order valence-electron chi connectivity index (χ2n) is 6.30. The number of methoxy groups -OCH3 is 2. The maximum Gasteiger partial charge on any atom is 0.407 e. The van der Waals surface area contributed by atoms with Gasteiger partial charge in [-0.05, 0) is 51.0 Å². The second-order valence-corrected chi connectivity index (χ2v) is 6.30. The molecule has 0 aromatic heterocycles. The largest absolute Gasteiger partial charge is 0.497 e. The van der Waals surface area contributed by atoms with Gasteiger partial charge in [-0.3, -0.25) is 4.79 Å². The topological polar surface area (TPSA) is 94.1 Å². The molecule has 1 rings (SSSR count). The fourth-order valence-electron chi connectivity index (χ4n) is 2.07. The second kappa shape index (κ2) is 8.42. The Labute approximate surface area is 141 Å². The molecule has 0 radical (unpaired) electrons. The number of ether oxygens (including phenoxy) is 3. The van der Waals surface area contributed by atoms with Gasteiger partial charge in [-0.1, -0.05) is 0 Å². The highest BCUT2D eigenvalue weighted by Crippen LogP contribution is 2.26. The van der Waals surface area contributed by atoms with E-state index >= 15 is 0 Å². The summed E-state index contributed by atoms with van der Waals surface area (Å²) in [4.78, 5) is 23.2. The fourth-order valence-corrected chi connectivity index (χ4v) is 2.07. The molecule has 0 heterocycles. The summed E-state index contributed by atoms with van der Waals surface area (Å²) >= 11 is 0. The van der Waals surface area contributed by atoms with Gasteiger partial charge in [0, 0.05) is 6.54 Å². The number of nitrogens with one attached hydrogen (secondary N) is 1. The van der Waals surface area contributed by atoms with Gasteiger partial charge in [0.15, 0.2) is 0 Å². The number of carboxylic acids is 1. The maximum atomic E-state index is 11.7. The molecule has 0 spiro atoms. The molecule has 0 unspecified atom stereocenters. The van der Waals surface area contributed by atoms with Crippen molar-refractivity contribution in [1.29, 1.82) is 0 Å². The molecule has 0 aliphatic carbocycles. The van der Waals surface area contributed by atoms with Crippen LogP contribution >= 0.6 is 0 Å². The molecule has 7 heteroatoms. The molecule has 2 N–H and O–H groups in total. The van der Waals surface area contributed by atoms with E-state index in [1.165, 1.54) is 14.2 Å². The molecule has 0 saturated carbocycles. The zero-order valence-corrected chi connectivity index (χ0v) is 14.7. The number of amides is 1. The summed E-state index contributed by atoms with van der Waals surface area (Å²) in [5.41, 5.74) is 0.0500. The Morgan fingerprint density at radius 3 is 2.38 bits per heavy atom. The van der Waals surface area contributed by atoms with Crippen LogP contribution in [0, 0.1) is 5.92 Å². The van der Waals surface area contributed by atoms with Crippen molar-refractivity contribution < 1.29 is 28.9 Å². The van der Waals surface area contributed by atoms with E-state index in [1.54, 1.807) is 39.0 Å². The molecular formula is C17H25NO6. The van der Waals surface area contributed by atoms with Crippen molar-refractivity contribution in [2.45, 2.75) is 32.8 Å². The Hall–Kier alpha value is -2.44. The lowest BCUT2D eigenvalue weighted by atomic mass is 9.98. The van der Waals surface area contributed by atoms with Crippen molar-refractivity contribution in [2.24, 2.45) is 5.92 Å². The first-order valence-corrected chi connectivity index (χ1v) is 7.57. The Morgan fingerprint density at radius 1 is 1.21 bits per heavy atom. The predicted octanol–water partition coefficient (Wildman–Crippen LogP) is 2.47. The Bertz CT molecular complexity index is 579. The van der Waals surface area contributed by atoms with Crippen LogP contribution in [0.2, 0.25) is 0 Å². The molecular weight excluding hydrogens is 314 g/mol. The minimum atomic E-state index is -1.02. The molecule has 0 saturated heterocycles. The monoisotopic (exact) mass is 339 g/mol. The molecule has 0 bridgehead atoms. The van der Waals surface area contributed by atoms with Gasteiger partial charge in [-0.2, -0.15) is 0 Å². The summed E-state index contributed by atoms with van der Waals surface area (Å²) in [6.45, 7) is 5.16. The zero-order chi connectivity index (χ0) is 18.3. The molecule has 0 aliphatic rings. The van der Waals surface area contributed by atoms with Crippen LogP contribution < -0.4 is 14.8 Å². The molecule has 134 valence electrons. The van der Waals surface area contributed by atoms with Crippen LogP contribution in [-0.2, 0) is 16.0 Å². The van der Waals surface area contributed by atoms with E-state index in [-0.39, 0.29) is 13.0 Å². The van der Waals surface area contributed by atoms with Crippen molar-refractivity contribution in [3.05, 3.63) is 23.8 Å². The van der Waals surface area contributed by atoms with Crippen molar-refractivity contribution in [3.8, 4) is 11.5 Å². The van der Waals surface area contributed by atoms with Gasteiger partial charge < -0.3 is 24.6 Å². The van der Waals surface area contributed by atoms with E-state index < -0.39 is 23.6 Å². The third kappa shape index (κ3) is 6.36. The lowest BCUT2D eigenvalue weighted by Crippen LogP contribution is -2.37. The van der Waals surface area contributed by atoms with E-state index in [9.17, 15) is 14.7 Å². The first-order valence-electron chi connectivity index (χ1n) is 7.57. The number of alkyl carbamates (subject to hydrolysis) is 1. The third-order valence-electron chi connectivity index (χ3n) is 3.19. The minimum absolute atomic E-state index is 0.0510. The molecule has 1 aromatic carbocycles. The van der Waals surface area contributed by atoms with Crippen LogP contribution in [0.1, 0.15) is 26.3 Å². The maximum absolute atomic E-state index is 11.7. The predicted molar refractivity (Wildman–Crippen MR) is 88.6 cm³/mol. The highest BCUT2D eigenvalue weighted by atomic mass is 16.6. The quantitative estimate of drug-likeness (QED) is 0.792. The molecule has 1 aromatic rings. The van der Waals surface area contributed by atoms with Gasteiger partial charge in [0.2, 0.25) is 0 Å². The average molecular weight is 339 g/mol.